The van der Waals surface area contributed by atoms with E-state index >= 15 is 0 Å². The maximum absolute atomic E-state index is 10.8. The largest absolute Gasteiger partial charge is 0.478 e. The number of thioether (sulfide) groups is 1. The first-order chi connectivity index (χ1) is 6.65. The first-order valence-electron chi connectivity index (χ1n) is 3.91. The fourth-order valence-corrected chi connectivity index (χ4v) is 2.29. The van der Waals surface area contributed by atoms with Gasteiger partial charge >= 0.3 is 5.97 Å². The highest BCUT2D eigenvalue weighted by atomic mass is 79.9. The van der Waals surface area contributed by atoms with E-state index in [1.807, 2.05) is 0 Å². The molecular formula is C9H9BrO3S. The molecule has 0 saturated heterocycles. The summed E-state index contributed by atoms with van der Waals surface area (Å²) in [4.78, 5) is 11.5. The van der Waals surface area contributed by atoms with Gasteiger partial charge in [0.15, 0.2) is 0 Å². The second kappa shape index (κ2) is 5.38. The second-order valence-corrected chi connectivity index (χ2v) is 4.57. The molecule has 0 aliphatic carbocycles. The number of aromatic carboxylic acids is 1. The Morgan fingerprint density at radius 3 is 2.79 bits per heavy atom. The molecule has 0 atom stereocenters. The number of aliphatic hydroxyl groups is 1. The molecule has 0 fully saturated rings. The van der Waals surface area contributed by atoms with Crippen molar-refractivity contribution in [2.24, 2.45) is 0 Å². The van der Waals surface area contributed by atoms with E-state index in [2.05, 4.69) is 15.9 Å². The van der Waals surface area contributed by atoms with Crippen molar-refractivity contribution in [3.05, 3.63) is 28.2 Å². The maximum atomic E-state index is 10.8. The van der Waals surface area contributed by atoms with Crippen LogP contribution in [-0.4, -0.2) is 28.5 Å². The molecular weight excluding hydrogens is 268 g/mol. The van der Waals surface area contributed by atoms with Crippen LogP contribution in [0.4, 0.5) is 0 Å². The van der Waals surface area contributed by atoms with Crippen molar-refractivity contribution in [1.29, 1.82) is 0 Å². The van der Waals surface area contributed by atoms with E-state index in [1.165, 1.54) is 11.8 Å². The quantitative estimate of drug-likeness (QED) is 0.829. The lowest BCUT2D eigenvalue weighted by atomic mass is 10.2. The van der Waals surface area contributed by atoms with Crippen molar-refractivity contribution >= 4 is 33.7 Å². The molecule has 76 valence electrons. The van der Waals surface area contributed by atoms with Crippen LogP contribution in [0.5, 0.6) is 0 Å². The zero-order valence-corrected chi connectivity index (χ0v) is 9.64. The fourth-order valence-electron chi connectivity index (χ4n) is 0.948. The highest BCUT2D eigenvalue weighted by molar-refractivity contribution is 9.10. The zero-order valence-electron chi connectivity index (χ0n) is 7.24. The standard InChI is InChI=1S/C9H9BrO3S/c10-6-1-2-7(9(12)13)8(5-6)14-4-3-11/h1-2,5,11H,3-4H2,(H,12,13). The van der Waals surface area contributed by atoms with Gasteiger partial charge < -0.3 is 10.2 Å². The van der Waals surface area contributed by atoms with Crippen LogP contribution in [0.3, 0.4) is 0 Å². The Morgan fingerprint density at radius 2 is 2.21 bits per heavy atom. The highest BCUT2D eigenvalue weighted by Crippen LogP contribution is 2.26. The van der Waals surface area contributed by atoms with Gasteiger partial charge in [-0.1, -0.05) is 15.9 Å². The third-order valence-corrected chi connectivity index (χ3v) is 3.05. The van der Waals surface area contributed by atoms with Crippen LogP contribution in [0, 0.1) is 0 Å². The molecule has 1 rings (SSSR count). The maximum Gasteiger partial charge on any atom is 0.336 e. The van der Waals surface area contributed by atoms with Crippen LogP contribution in [0.15, 0.2) is 27.6 Å². The van der Waals surface area contributed by atoms with Crippen molar-refractivity contribution in [3.8, 4) is 0 Å². The molecule has 2 N–H and O–H groups in total. The number of halogens is 1. The van der Waals surface area contributed by atoms with Gasteiger partial charge in [0.05, 0.1) is 12.2 Å². The summed E-state index contributed by atoms with van der Waals surface area (Å²) in [6.07, 6.45) is 0. The van der Waals surface area contributed by atoms with Gasteiger partial charge in [0.1, 0.15) is 0 Å². The van der Waals surface area contributed by atoms with Gasteiger partial charge in [0.25, 0.3) is 0 Å². The molecule has 3 nitrogen and oxygen atoms in total. The number of hydrogen-bond donors (Lipinski definition) is 2. The van der Waals surface area contributed by atoms with Crippen molar-refractivity contribution in [1.82, 2.24) is 0 Å². The molecule has 0 aromatic heterocycles. The Morgan fingerprint density at radius 1 is 1.50 bits per heavy atom. The summed E-state index contributed by atoms with van der Waals surface area (Å²) in [5, 5.41) is 17.5. The zero-order chi connectivity index (χ0) is 10.6. The van der Waals surface area contributed by atoms with Crippen LogP contribution < -0.4 is 0 Å². The molecule has 0 spiro atoms. The van der Waals surface area contributed by atoms with E-state index < -0.39 is 5.97 Å². The fraction of sp³-hybridized carbons (Fsp3) is 0.222. The summed E-state index contributed by atoms with van der Waals surface area (Å²) < 4.78 is 0.836. The molecule has 1 aromatic carbocycles. The van der Waals surface area contributed by atoms with E-state index in [1.54, 1.807) is 18.2 Å². The van der Waals surface area contributed by atoms with Crippen LogP contribution in [0.2, 0.25) is 0 Å². The summed E-state index contributed by atoms with van der Waals surface area (Å²) in [6, 6.07) is 4.97. The van der Waals surface area contributed by atoms with Gasteiger partial charge in [-0.15, -0.1) is 11.8 Å². The van der Waals surface area contributed by atoms with Crippen LogP contribution >= 0.6 is 27.7 Å². The molecule has 0 heterocycles. The predicted molar refractivity (Wildman–Crippen MR) is 58.9 cm³/mol. The molecule has 0 unspecified atom stereocenters. The minimum atomic E-state index is -0.946. The Hall–Kier alpha value is -0.520. The van der Waals surface area contributed by atoms with E-state index in [0.29, 0.717) is 10.6 Å². The Kier molecular flexibility index (Phi) is 4.44. The normalized spacial score (nSPS) is 10.1. The van der Waals surface area contributed by atoms with Gasteiger partial charge in [-0.05, 0) is 18.2 Å². The third kappa shape index (κ3) is 3.01. The molecule has 14 heavy (non-hydrogen) atoms. The predicted octanol–water partition coefficient (Wildman–Crippen LogP) is 2.23. The highest BCUT2D eigenvalue weighted by Gasteiger charge is 2.10. The van der Waals surface area contributed by atoms with Crippen molar-refractivity contribution < 1.29 is 15.0 Å². The Bertz CT molecular complexity index is 341. The molecule has 0 saturated carbocycles. The summed E-state index contributed by atoms with van der Waals surface area (Å²) in [6.45, 7) is 0.0379. The molecule has 0 bridgehead atoms. The van der Waals surface area contributed by atoms with Gasteiger partial charge in [-0.3, -0.25) is 0 Å². The molecule has 0 aliphatic heterocycles. The first kappa shape index (κ1) is 11.6. The van der Waals surface area contributed by atoms with Crippen LogP contribution in [-0.2, 0) is 0 Å². The average molecular weight is 277 g/mol. The van der Waals surface area contributed by atoms with E-state index in [0.717, 1.165) is 4.47 Å². The Labute approximate surface area is 94.3 Å². The summed E-state index contributed by atoms with van der Waals surface area (Å²) in [7, 11) is 0. The van der Waals surface area contributed by atoms with Gasteiger partial charge in [0.2, 0.25) is 0 Å². The Balaban J connectivity index is 2.97. The molecule has 1 aromatic rings. The van der Waals surface area contributed by atoms with Crippen LogP contribution in [0.1, 0.15) is 10.4 Å². The lowest BCUT2D eigenvalue weighted by Crippen LogP contribution is -1.99. The van der Waals surface area contributed by atoms with E-state index in [4.69, 9.17) is 10.2 Å². The minimum Gasteiger partial charge on any atom is -0.478 e. The lowest BCUT2D eigenvalue weighted by Gasteiger charge is -2.04. The minimum absolute atomic E-state index is 0.0379. The topological polar surface area (TPSA) is 57.5 Å². The van der Waals surface area contributed by atoms with Crippen molar-refractivity contribution in [3.63, 3.8) is 0 Å². The van der Waals surface area contributed by atoms with Crippen LogP contribution in [0.25, 0.3) is 0 Å². The molecule has 0 aliphatic rings. The number of carboxylic acids is 1. The number of aliphatic hydroxyl groups excluding tert-OH is 1. The number of benzene rings is 1. The smallest absolute Gasteiger partial charge is 0.336 e. The van der Waals surface area contributed by atoms with Gasteiger partial charge in [-0.2, -0.15) is 0 Å². The van der Waals surface area contributed by atoms with E-state index in [9.17, 15) is 4.79 Å². The summed E-state index contributed by atoms with van der Waals surface area (Å²) in [5.41, 5.74) is 0.270. The molecule has 0 amide bonds. The lowest BCUT2D eigenvalue weighted by molar-refractivity contribution is 0.0693. The SMILES string of the molecule is O=C(O)c1ccc(Br)cc1SCCO. The molecule has 5 heteroatoms. The van der Waals surface area contributed by atoms with Gasteiger partial charge in [-0.25, -0.2) is 4.79 Å². The second-order valence-electron chi connectivity index (χ2n) is 2.52. The van der Waals surface area contributed by atoms with Crippen molar-refractivity contribution in [2.75, 3.05) is 12.4 Å². The number of carboxylic acid groups (broad SMARTS) is 1. The summed E-state index contributed by atoms with van der Waals surface area (Å²) in [5.74, 6) is -0.450. The number of rotatable bonds is 4. The van der Waals surface area contributed by atoms with Crippen molar-refractivity contribution in [2.45, 2.75) is 4.90 Å². The molecule has 0 radical (unpaired) electrons. The first-order valence-corrected chi connectivity index (χ1v) is 5.69. The number of hydrogen-bond acceptors (Lipinski definition) is 3. The average Bonchev–Trinajstić information content (AvgIpc) is 2.14. The van der Waals surface area contributed by atoms with Gasteiger partial charge in [0, 0.05) is 15.1 Å². The monoisotopic (exact) mass is 276 g/mol. The summed E-state index contributed by atoms with van der Waals surface area (Å²) >= 11 is 4.60. The van der Waals surface area contributed by atoms with E-state index in [-0.39, 0.29) is 12.2 Å². The number of carbonyl (C=O) groups is 1. The third-order valence-electron chi connectivity index (χ3n) is 1.52.